The van der Waals surface area contributed by atoms with Crippen molar-refractivity contribution < 1.29 is 22.7 Å². The van der Waals surface area contributed by atoms with Crippen LogP contribution in [-0.4, -0.2) is 22.9 Å². The monoisotopic (exact) mass is 208 g/mol. The van der Waals surface area contributed by atoms with E-state index in [1.807, 2.05) is 0 Å². The van der Waals surface area contributed by atoms with Crippen LogP contribution in [-0.2, 0) is 22.3 Å². The minimum absolute atomic E-state index is 0.327. The first-order chi connectivity index (χ1) is 6.43. The molecule has 1 aromatic heterocycles. The Kier molecular flexibility index (Phi) is 2.78. The molecule has 0 saturated carbocycles. The third-order valence-corrected chi connectivity index (χ3v) is 1.48. The van der Waals surface area contributed by atoms with E-state index >= 15 is 0 Å². The highest BCUT2D eigenvalue weighted by Crippen LogP contribution is 2.28. The standard InChI is InChI=1S/C7H7F3N2O2/c1-14-6(13)4-12-3-5(2-11-12)7(8,9)10/h2-3H,4H2,1H3. The third kappa shape index (κ3) is 2.48. The highest BCUT2D eigenvalue weighted by atomic mass is 19.4. The number of alkyl halides is 3. The maximum Gasteiger partial charge on any atom is 0.419 e. The van der Waals surface area contributed by atoms with Crippen molar-refractivity contribution in [2.24, 2.45) is 0 Å². The number of carbonyl (C=O) groups excluding carboxylic acids is 1. The SMILES string of the molecule is COC(=O)Cn1cc(C(F)(F)F)cn1. The first-order valence-corrected chi connectivity index (χ1v) is 3.60. The van der Waals surface area contributed by atoms with Crippen LogP contribution >= 0.6 is 0 Å². The molecular formula is C7H7F3N2O2. The molecule has 1 rings (SSSR count). The second kappa shape index (κ2) is 3.69. The molecule has 4 nitrogen and oxygen atoms in total. The van der Waals surface area contributed by atoms with Crippen molar-refractivity contribution in [2.45, 2.75) is 12.7 Å². The summed E-state index contributed by atoms with van der Waals surface area (Å²) in [5.41, 5.74) is -0.888. The Morgan fingerprint density at radius 2 is 2.29 bits per heavy atom. The maximum absolute atomic E-state index is 12.1. The van der Waals surface area contributed by atoms with Gasteiger partial charge in [-0.25, -0.2) is 0 Å². The summed E-state index contributed by atoms with van der Waals surface area (Å²) in [6, 6.07) is 0. The molecule has 0 saturated heterocycles. The van der Waals surface area contributed by atoms with Gasteiger partial charge in [-0.05, 0) is 0 Å². The van der Waals surface area contributed by atoms with Crippen molar-refractivity contribution in [1.29, 1.82) is 0 Å². The lowest BCUT2D eigenvalue weighted by Gasteiger charge is -2.01. The van der Waals surface area contributed by atoms with Crippen molar-refractivity contribution in [2.75, 3.05) is 7.11 Å². The summed E-state index contributed by atoms with van der Waals surface area (Å²) in [6.45, 7) is -0.327. The van der Waals surface area contributed by atoms with Gasteiger partial charge in [0.25, 0.3) is 0 Å². The highest BCUT2D eigenvalue weighted by Gasteiger charge is 2.32. The fraction of sp³-hybridized carbons (Fsp3) is 0.429. The molecule has 0 radical (unpaired) electrons. The van der Waals surface area contributed by atoms with E-state index in [9.17, 15) is 18.0 Å². The molecule has 78 valence electrons. The zero-order chi connectivity index (χ0) is 10.8. The molecule has 0 amide bonds. The van der Waals surface area contributed by atoms with Crippen LogP contribution in [0, 0.1) is 0 Å². The first-order valence-electron chi connectivity index (χ1n) is 3.60. The molecule has 0 aromatic carbocycles. The van der Waals surface area contributed by atoms with Crippen LogP contribution in [0.15, 0.2) is 12.4 Å². The van der Waals surface area contributed by atoms with Gasteiger partial charge in [-0.1, -0.05) is 0 Å². The van der Waals surface area contributed by atoms with Crippen LogP contribution in [0.4, 0.5) is 13.2 Å². The molecule has 1 heterocycles. The quantitative estimate of drug-likeness (QED) is 0.683. The molecule has 0 N–H and O–H groups in total. The average Bonchev–Trinajstić information content (AvgIpc) is 2.51. The van der Waals surface area contributed by atoms with Crippen LogP contribution < -0.4 is 0 Å². The molecule has 0 fully saturated rings. The number of hydrogen-bond acceptors (Lipinski definition) is 3. The zero-order valence-corrected chi connectivity index (χ0v) is 7.21. The van der Waals surface area contributed by atoms with Gasteiger partial charge in [0.15, 0.2) is 0 Å². The third-order valence-electron chi connectivity index (χ3n) is 1.48. The van der Waals surface area contributed by atoms with Gasteiger partial charge in [0, 0.05) is 6.20 Å². The fourth-order valence-corrected chi connectivity index (χ4v) is 0.793. The second-order valence-electron chi connectivity index (χ2n) is 2.50. The van der Waals surface area contributed by atoms with E-state index in [0.717, 1.165) is 18.0 Å². The van der Waals surface area contributed by atoms with E-state index in [1.165, 1.54) is 0 Å². The van der Waals surface area contributed by atoms with Crippen molar-refractivity contribution in [3.8, 4) is 0 Å². The number of nitrogens with zero attached hydrogens (tertiary/aromatic N) is 2. The minimum atomic E-state index is -4.44. The van der Waals surface area contributed by atoms with Crippen molar-refractivity contribution in [3.05, 3.63) is 18.0 Å². The molecular weight excluding hydrogens is 201 g/mol. The van der Waals surface area contributed by atoms with Gasteiger partial charge < -0.3 is 4.74 Å². The fourth-order valence-electron chi connectivity index (χ4n) is 0.793. The molecule has 1 aromatic rings. The molecule has 0 aliphatic heterocycles. The Bertz CT molecular complexity index is 332. The van der Waals surface area contributed by atoms with Crippen LogP contribution in [0.2, 0.25) is 0 Å². The van der Waals surface area contributed by atoms with E-state index in [4.69, 9.17) is 0 Å². The molecule has 14 heavy (non-hydrogen) atoms. The molecule has 0 bridgehead atoms. The van der Waals surface area contributed by atoms with Gasteiger partial charge >= 0.3 is 12.1 Å². The van der Waals surface area contributed by atoms with Crippen LogP contribution in [0.5, 0.6) is 0 Å². The summed E-state index contributed by atoms with van der Waals surface area (Å²) in [6.07, 6.45) is -3.03. The van der Waals surface area contributed by atoms with E-state index in [2.05, 4.69) is 9.84 Å². The van der Waals surface area contributed by atoms with E-state index < -0.39 is 17.7 Å². The molecule has 0 atom stereocenters. The lowest BCUT2D eigenvalue weighted by atomic mass is 10.4. The maximum atomic E-state index is 12.1. The number of halogens is 3. The summed E-state index contributed by atoms with van der Waals surface area (Å²) in [5.74, 6) is -0.651. The highest BCUT2D eigenvalue weighted by molar-refractivity contribution is 5.68. The Balaban J connectivity index is 2.74. The number of carbonyl (C=O) groups is 1. The van der Waals surface area contributed by atoms with E-state index in [1.54, 1.807) is 0 Å². The lowest BCUT2D eigenvalue weighted by molar-refractivity contribution is -0.142. The smallest absolute Gasteiger partial charge is 0.419 e. The molecule has 0 aliphatic carbocycles. The number of aromatic nitrogens is 2. The number of ether oxygens (including phenoxy) is 1. The number of rotatable bonds is 2. The Hall–Kier alpha value is -1.53. The molecule has 0 unspecified atom stereocenters. The van der Waals surface area contributed by atoms with Crippen LogP contribution in [0.25, 0.3) is 0 Å². The van der Waals surface area contributed by atoms with E-state index in [-0.39, 0.29) is 6.54 Å². The first kappa shape index (κ1) is 10.6. The Morgan fingerprint density at radius 3 is 2.71 bits per heavy atom. The summed E-state index contributed by atoms with van der Waals surface area (Å²) >= 11 is 0. The molecule has 0 spiro atoms. The van der Waals surface area contributed by atoms with Crippen LogP contribution in [0.3, 0.4) is 0 Å². The number of methoxy groups -OCH3 is 1. The zero-order valence-electron chi connectivity index (χ0n) is 7.21. The van der Waals surface area contributed by atoms with Gasteiger partial charge in [0.05, 0.1) is 18.9 Å². The van der Waals surface area contributed by atoms with Gasteiger partial charge in [-0.3, -0.25) is 9.48 Å². The predicted octanol–water partition coefficient (Wildman–Crippen LogP) is 1.07. The van der Waals surface area contributed by atoms with Gasteiger partial charge in [0.1, 0.15) is 6.54 Å². The molecule has 0 aliphatic rings. The van der Waals surface area contributed by atoms with Crippen molar-refractivity contribution in [1.82, 2.24) is 9.78 Å². The predicted molar refractivity (Wildman–Crippen MR) is 39.2 cm³/mol. The second-order valence-corrected chi connectivity index (χ2v) is 2.50. The summed E-state index contributed by atoms with van der Waals surface area (Å²) in [7, 11) is 1.15. The van der Waals surface area contributed by atoms with Gasteiger partial charge in [0.2, 0.25) is 0 Å². The largest absolute Gasteiger partial charge is 0.468 e. The van der Waals surface area contributed by atoms with Crippen LogP contribution in [0.1, 0.15) is 5.56 Å². The summed E-state index contributed by atoms with van der Waals surface area (Å²) < 4.78 is 41.3. The van der Waals surface area contributed by atoms with Gasteiger partial charge in [-0.15, -0.1) is 0 Å². The topological polar surface area (TPSA) is 44.1 Å². The van der Waals surface area contributed by atoms with E-state index in [0.29, 0.717) is 6.20 Å². The lowest BCUT2D eigenvalue weighted by Crippen LogP contribution is -2.12. The summed E-state index contributed by atoms with van der Waals surface area (Å²) in [5, 5.41) is 3.37. The molecule has 7 heteroatoms. The van der Waals surface area contributed by atoms with Crippen molar-refractivity contribution >= 4 is 5.97 Å². The average molecular weight is 208 g/mol. The minimum Gasteiger partial charge on any atom is -0.468 e. The normalized spacial score (nSPS) is 11.4. The number of esters is 1. The van der Waals surface area contributed by atoms with Gasteiger partial charge in [-0.2, -0.15) is 18.3 Å². The Labute approximate surface area is 77.3 Å². The van der Waals surface area contributed by atoms with Crippen molar-refractivity contribution in [3.63, 3.8) is 0 Å². The number of hydrogen-bond donors (Lipinski definition) is 0. The summed E-state index contributed by atoms with van der Waals surface area (Å²) in [4.78, 5) is 10.7. The Morgan fingerprint density at radius 1 is 1.64 bits per heavy atom.